The first-order chi connectivity index (χ1) is 4.36. The standard InChI is InChI=1S/C6H15N3/c1-7-6-3-4-9(5-6)8-2/h6-8H,3-5H2,1-2H3. The molecule has 54 valence electrons. The van der Waals surface area contributed by atoms with Crippen LogP contribution in [-0.2, 0) is 0 Å². The van der Waals surface area contributed by atoms with Crippen LogP contribution in [-0.4, -0.2) is 38.2 Å². The molecule has 0 bridgehead atoms. The Kier molecular flexibility index (Phi) is 2.45. The average Bonchev–Trinajstić information content (AvgIpc) is 2.34. The van der Waals surface area contributed by atoms with E-state index in [1.807, 2.05) is 14.1 Å². The Morgan fingerprint density at radius 3 is 2.56 bits per heavy atom. The number of nitrogens with zero attached hydrogens (tertiary/aromatic N) is 1. The number of hydrogen-bond acceptors (Lipinski definition) is 3. The van der Waals surface area contributed by atoms with Crippen LogP contribution >= 0.6 is 0 Å². The van der Waals surface area contributed by atoms with E-state index in [4.69, 9.17) is 0 Å². The summed E-state index contributed by atoms with van der Waals surface area (Å²) in [6.45, 7) is 2.30. The summed E-state index contributed by atoms with van der Waals surface area (Å²) in [6.07, 6.45) is 1.26. The Balaban J connectivity index is 2.20. The molecule has 1 saturated heterocycles. The number of hydrogen-bond donors (Lipinski definition) is 2. The van der Waals surface area contributed by atoms with Crippen molar-refractivity contribution in [2.45, 2.75) is 12.5 Å². The fourth-order valence-corrected chi connectivity index (χ4v) is 1.20. The molecule has 0 spiro atoms. The van der Waals surface area contributed by atoms with Crippen molar-refractivity contribution in [3.8, 4) is 0 Å². The second kappa shape index (κ2) is 3.15. The molecule has 1 unspecified atom stereocenters. The molecule has 1 atom stereocenters. The molecule has 2 N–H and O–H groups in total. The molecule has 3 heteroatoms. The fourth-order valence-electron chi connectivity index (χ4n) is 1.20. The zero-order chi connectivity index (χ0) is 6.69. The van der Waals surface area contributed by atoms with Crippen molar-refractivity contribution in [3.63, 3.8) is 0 Å². The summed E-state index contributed by atoms with van der Waals surface area (Å²) in [6, 6.07) is 0.692. The van der Waals surface area contributed by atoms with E-state index in [1.165, 1.54) is 13.0 Å². The Morgan fingerprint density at radius 2 is 2.22 bits per heavy atom. The van der Waals surface area contributed by atoms with E-state index < -0.39 is 0 Å². The molecule has 3 nitrogen and oxygen atoms in total. The molecule has 0 saturated carbocycles. The minimum atomic E-state index is 0.692. The number of likely N-dealkylation sites (N-methyl/N-ethyl adjacent to an activating group) is 1. The van der Waals surface area contributed by atoms with E-state index in [0.717, 1.165) is 6.54 Å². The van der Waals surface area contributed by atoms with Gasteiger partial charge in [-0.25, -0.2) is 5.01 Å². The van der Waals surface area contributed by atoms with Crippen molar-refractivity contribution in [1.82, 2.24) is 15.8 Å². The summed E-state index contributed by atoms with van der Waals surface area (Å²) < 4.78 is 0. The lowest BCUT2D eigenvalue weighted by molar-refractivity contribution is 0.256. The van der Waals surface area contributed by atoms with E-state index in [2.05, 4.69) is 15.8 Å². The zero-order valence-electron chi connectivity index (χ0n) is 6.15. The molecular formula is C6H15N3. The average molecular weight is 129 g/mol. The number of nitrogens with one attached hydrogen (secondary N) is 2. The van der Waals surface area contributed by atoms with Gasteiger partial charge in [0.25, 0.3) is 0 Å². The molecule has 1 aliphatic heterocycles. The topological polar surface area (TPSA) is 27.3 Å². The lowest BCUT2D eigenvalue weighted by atomic mass is 10.3. The molecule has 1 aliphatic rings. The normalized spacial score (nSPS) is 29.3. The molecule has 0 aromatic carbocycles. The summed E-state index contributed by atoms with van der Waals surface area (Å²) in [5.41, 5.74) is 3.12. The van der Waals surface area contributed by atoms with E-state index in [1.54, 1.807) is 0 Å². The maximum atomic E-state index is 3.25. The Bertz CT molecular complexity index is 74.4. The number of rotatable bonds is 2. The van der Waals surface area contributed by atoms with Gasteiger partial charge in [0.1, 0.15) is 0 Å². The van der Waals surface area contributed by atoms with Crippen LogP contribution < -0.4 is 10.7 Å². The third kappa shape index (κ3) is 1.64. The van der Waals surface area contributed by atoms with Gasteiger partial charge in [0.15, 0.2) is 0 Å². The predicted octanol–water partition coefficient (Wildman–Crippen LogP) is -0.585. The van der Waals surface area contributed by atoms with Gasteiger partial charge in [-0.1, -0.05) is 0 Å². The molecule has 0 aromatic heterocycles. The van der Waals surface area contributed by atoms with Crippen LogP contribution in [0.15, 0.2) is 0 Å². The summed E-state index contributed by atoms with van der Waals surface area (Å²) in [7, 11) is 3.99. The molecule has 1 heterocycles. The van der Waals surface area contributed by atoms with Crippen LogP contribution in [0, 0.1) is 0 Å². The molecule has 0 aromatic rings. The van der Waals surface area contributed by atoms with E-state index in [-0.39, 0.29) is 0 Å². The van der Waals surface area contributed by atoms with Crippen molar-refractivity contribution in [3.05, 3.63) is 0 Å². The lowest BCUT2D eigenvalue weighted by Crippen LogP contribution is -2.36. The third-order valence-corrected chi connectivity index (χ3v) is 1.91. The van der Waals surface area contributed by atoms with Crippen molar-refractivity contribution in [2.24, 2.45) is 0 Å². The van der Waals surface area contributed by atoms with E-state index in [0.29, 0.717) is 6.04 Å². The highest BCUT2D eigenvalue weighted by molar-refractivity contribution is 4.76. The third-order valence-electron chi connectivity index (χ3n) is 1.91. The van der Waals surface area contributed by atoms with Gasteiger partial charge in [-0.05, 0) is 20.5 Å². The summed E-state index contributed by atoms with van der Waals surface area (Å²) >= 11 is 0. The largest absolute Gasteiger partial charge is 0.316 e. The van der Waals surface area contributed by atoms with Crippen molar-refractivity contribution >= 4 is 0 Å². The van der Waals surface area contributed by atoms with Crippen LogP contribution in [0.5, 0.6) is 0 Å². The van der Waals surface area contributed by atoms with Gasteiger partial charge >= 0.3 is 0 Å². The monoisotopic (exact) mass is 129 g/mol. The lowest BCUT2D eigenvalue weighted by Gasteiger charge is -2.12. The first-order valence-corrected chi connectivity index (χ1v) is 3.46. The first-order valence-electron chi connectivity index (χ1n) is 3.46. The molecule has 0 aliphatic carbocycles. The Hall–Kier alpha value is -0.120. The summed E-state index contributed by atoms with van der Waals surface area (Å²) in [5.74, 6) is 0. The number of hydrazine groups is 1. The highest BCUT2D eigenvalue weighted by Gasteiger charge is 2.18. The molecule has 1 fully saturated rings. The van der Waals surface area contributed by atoms with Gasteiger partial charge in [-0.3, -0.25) is 5.43 Å². The van der Waals surface area contributed by atoms with Gasteiger partial charge in [-0.2, -0.15) is 0 Å². The van der Waals surface area contributed by atoms with E-state index >= 15 is 0 Å². The summed E-state index contributed by atoms with van der Waals surface area (Å²) in [5, 5.41) is 5.47. The SMILES string of the molecule is CNC1CCN(NC)C1. The maximum Gasteiger partial charge on any atom is 0.0285 e. The molecular weight excluding hydrogens is 114 g/mol. The second-order valence-corrected chi connectivity index (χ2v) is 2.44. The Labute approximate surface area is 56.4 Å². The van der Waals surface area contributed by atoms with Crippen LogP contribution in [0.2, 0.25) is 0 Å². The van der Waals surface area contributed by atoms with E-state index in [9.17, 15) is 0 Å². The zero-order valence-corrected chi connectivity index (χ0v) is 6.15. The highest BCUT2D eigenvalue weighted by atomic mass is 15.5. The predicted molar refractivity (Wildman–Crippen MR) is 38.1 cm³/mol. The maximum absolute atomic E-state index is 3.25. The van der Waals surface area contributed by atoms with Crippen molar-refractivity contribution in [2.75, 3.05) is 27.2 Å². The van der Waals surface area contributed by atoms with Gasteiger partial charge in [-0.15, -0.1) is 0 Å². The van der Waals surface area contributed by atoms with Crippen molar-refractivity contribution < 1.29 is 0 Å². The fraction of sp³-hybridized carbons (Fsp3) is 1.00. The smallest absolute Gasteiger partial charge is 0.0285 e. The molecule has 9 heavy (non-hydrogen) atoms. The van der Waals surface area contributed by atoms with Crippen LogP contribution in [0.4, 0.5) is 0 Å². The van der Waals surface area contributed by atoms with Crippen LogP contribution in [0.1, 0.15) is 6.42 Å². The van der Waals surface area contributed by atoms with Crippen molar-refractivity contribution in [1.29, 1.82) is 0 Å². The highest BCUT2D eigenvalue weighted by Crippen LogP contribution is 2.03. The quantitative estimate of drug-likeness (QED) is 0.522. The summed E-state index contributed by atoms with van der Waals surface area (Å²) in [4.78, 5) is 0. The first kappa shape index (κ1) is 6.99. The van der Waals surface area contributed by atoms with Gasteiger partial charge < -0.3 is 5.32 Å². The van der Waals surface area contributed by atoms with Gasteiger partial charge in [0.05, 0.1) is 0 Å². The molecule has 0 radical (unpaired) electrons. The minimum Gasteiger partial charge on any atom is -0.316 e. The Morgan fingerprint density at radius 1 is 1.44 bits per heavy atom. The van der Waals surface area contributed by atoms with Gasteiger partial charge in [0.2, 0.25) is 0 Å². The second-order valence-electron chi connectivity index (χ2n) is 2.44. The molecule has 1 rings (SSSR count). The van der Waals surface area contributed by atoms with Crippen LogP contribution in [0.3, 0.4) is 0 Å². The minimum absolute atomic E-state index is 0.692. The molecule has 0 amide bonds. The van der Waals surface area contributed by atoms with Gasteiger partial charge in [0, 0.05) is 19.1 Å². The van der Waals surface area contributed by atoms with Crippen LogP contribution in [0.25, 0.3) is 0 Å².